The topological polar surface area (TPSA) is 83.9 Å². The van der Waals surface area contributed by atoms with Crippen molar-refractivity contribution in [2.75, 3.05) is 20.7 Å². The smallest absolute Gasteiger partial charge is 0.339 e. The number of esters is 1. The number of carbonyl (C=O) groups excluding carboxylic acids is 1. The van der Waals surface area contributed by atoms with Gasteiger partial charge in [-0.25, -0.2) is 21.9 Å². The average Bonchev–Trinajstić information content (AvgIpc) is 2.43. The largest absolute Gasteiger partial charge is 0.465 e. The molecule has 1 aromatic carbocycles. The monoisotopic (exact) mass is 319 g/mol. The summed E-state index contributed by atoms with van der Waals surface area (Å²) in [6, 6.07) is 2.83. The number of hydrogen-bond acceptors (Lipinski definition) is 5. The highest BCUT2D eigenvalue weighted by Crippen LogP contribution is 2.22. The van der Waals surface area contributed by atoms with Crippen LogP contribution in [0.4, 0.5) is 4.39 Å². The molecule has 1 atom stereocenters. The van der Waals surface area contributed by atoms with Gasteiger partial charge in [-0.05, 0) is 31.5 Å². The lowest BCUT2D eigenvalue weighted by Crippen LogP contribution is -2.31. The van der Waals surface area contributed by atoms with E-state index in [4.69, 9.17) is 0 Å². The van der Waals surface area contributed by atoms with Crippen molar-refractivity contribution in [2.24, 2.45) is 0 Å². The van der Waals surface area contributed by atoms with E-state index >= 15 is 0 Å². The predicted octanol–water partition coefficient (Wildman–Crippen LogP) is 1.00. The highest BCUT2D eigenvalue weighted by Gasteiger charge is 2.27. The summed E-state index contributed by atoms with van der Waals surface area (Å²) in [4.78, 5) is 11.2. The molecule has 6 nitrogen and oxygen atoms in total. The first-order valence-electron chi connectivity index (χ1n) is 6.22. The summed E-state index contributed by atoms with van der Waals surface area (Å²) >= 11 is 0. The van der Waals surface area contributed by atoms with Crippen LogP contribution < -0.4 is 0 Å². The number of hydrogen-bond donors (Lipinski definition) is 1. The van der Waals surface area contributed by atoms with Crippen molar-refractivity contribution in [3.63, 3.8) is 0 Å². The number of sulfonamides is 1. The number of benzene rings is 1. The van der Waals surface area contributed by atoms with Gasteiger partial charge in [0, 0.05) is 13.6 Å². The second-order valence-electron chi connectivity index (χ2n) is 4.60. The van der Waals surface area contributed by atoms with Gasteiger partial charge >= 0.3 is 5.97 Å². The first-order chi connectivity index (χ1) is 9.70. The SMILES string of the molecule is COC(=O)c1ccc(F)cc1S(=O)(=O)N(C)CCC(C)O. The van der Waals surface area contributed by atoms with Gasteiger partial charge in [0.25, 0.3) is 0 Å². The molecule has 1 unspecified atom stereocenters. The normalized spacial score (nSPS) is 13.2. The Hall–Kier alpha value is -1.51. The summed E-state index contributed by atoms with van der Waals surface area (Å²) in [5.74, 6) is -1.64. The Morgan fingerprint density at radius 2 is 2.10 bits per heavy atom. The highest BCUT2D eigenvalue weighted by molar-refractivity contribution is 7.89. The van der Waals surface area contributed by atoms with Crippen LogP contribution in [0.3, 0.4) is 0 Å². The Kier molecular flexibility index (Phi) is 5.82. The molecule has 1 rings (SSSR count). The van der Waals surface area contributed by atoms with Crippen LogP contribution in [0.15, 0.2) is 23.1 Å². The number of carbonyl (C=O) groups is 1. The van der Waals surface area contributed by atoms with Crippen LogP contribution in [0.25, 0.3) is 0 Å². The zero-order chi connectivity index (χ0) is 16.2. The van der Waals surface area contributed by atoms with E-state index in [2.05, 4.69) is 4.74 Å². The predicted molar refractivity (Wildman–Crippen MR) is 73.9 cm³/mol. The number of aliphatic hydroxyl groups is 1. The minimum absolute atomic E-state index is 0.0388. The molecule has 0 aromatic heterocycles. The fraction of sp³-hybridized carbons (Fsp3) is 0.462. The lowest BCUT2D eigenvalue weighted by atomic mass is 10.2. The molecular formula is C13H18FNO5S. The molecule has 0 bridgehead atoms. The zero-order valence-corrected chi connectivity index (χ0v) is 12.9. The van der Waals surface area contributed by atoms with Gasteiger partial charge < -0.3 is 9.84 Å². The van der Waals surface area contributed by atoms with Gasteiger partial charge in [0.1, 0.15) is 5.82 Å². The molecule has 1 N–H and O–H groups in total. The molecule has 0 aliphatic carbocycles. The third-order valence-corrected chi connectivity index (χ3v) is 4.80. The lowest BCUT2D eigenvalue weighted by molar-refractivity contribution is 0.0596. The van der Waals surface area contributed by atoms with Crippen molar-refractivity contribution in [1.82, 2.24) is 4.31 Å². The van der Waals surface area contributed by atoms with E-state index in [9.17, 15) is 22.7 Å². The number of halogens is 1. The van der Waals surface area contributed by atoms with Gasteiger partial charge in [-0.2, -0.15) is 0 Å². The number of aliphatic hydroxyl groups excluding tert-OH is 1. The standard InChI is InChI=1S/C13H18FNO5S/c1-9(16)6-7-15(2)21(18,19)12-8-10(14)4-5-11(12)13(17)20-3/h4-5,8-9,16H,6-7H2,1-3H3. The molecule has 0 radical (unpaired) electrons. The maximum absolute atomic E-state index is 13.3. The van der Waals surface area contributed by atoms with Crippen LogP contribution >= 0.6 is 0 Å². The molecule has 0 fully saturated rings. The van der Waals surface area contributed by atoms with Crippen LogP contribution in [0.5, 0.6) is 0 Å². The van der Waals surface area contributed by atoms with E-state index in [1.165, 1.54) is 14.0 Å². The lowest BCUT2D eigenvalue weighted by Gasteiger charge is -2.19. The van der Waals surface area contributed by atoms with Crippen LogP contribution in [0.2, 0.25) is 0 Å². The molecule has 8 heteroatoms. The Bertz CT molecular complexity index is 615. The quantitative estimate of drug-likeness (QED) is 0.791. The number of nitrogens with zero attached hydrogens (tertiary/aromatic N) is 1. The second-order valence-corrected chi connectivity index (χ2v) is 6.61. The molecule has 0 aliphatic rings. The maximum Gasteiger partial charge on any atom is 0.339 e. The van der Waals surface area contributed by atoms with Gasteiger partial charge in [-0.15, -0.1) is 0 Å². The van der Waals surface area contributed by atoms with Crippen molar-refractivity contribution >= 4 is 16.0 Å². The van der Waals surface area contributed by atoms with Gasteiger partial charge in [0.05, 0.1) is 23.7 Å². The molecule has 0 saturated carbocycles. The van der Waals surface area contributed by atoms with E-state index in [0.29, 0.717) is 0 Å². The van der Waals surface area contributed by atoms with Crippen LogP contribution in [0.1, 0.15) is 23.7 Å². The summed E-state index contributed by atoms with van der Waals surface area (Å²) in [5, 5.41) is 9.21. The number of ether oxygens (including phenoxy) is 1. The van der Waals surface area contributed by atoms with Crippen molar-refractivity contribution in [3.05, 3.63) is 29.6 Å². The van der Waals surface area contributed by atoms with E-state index in [-0.39, 0.29) is 18.5 Å². The fourth-order valence-corrected chi connectivity index (χ4v) is 3.02. The summed E-state index contributed by atoms with van der Waals surface area (Å²) in [6.45, 7) is 1.57. The van der Waals surface area contributed by atoms with Gasteiger partial charge in [0.2, 0.25) is 10.0 Å². The molecule has 21 heavy (non-hydrogen) atoms. The third kappa shape index (κ3) is 4.23. The second kappa shape index (κ2) is 6.97. The zero-order valence-electron chi connectivity index (χ0n) is 12.0. The fourth-order valence-electron chi connectivity index (χ4n) is 1.64. The minimum atomic E-state index is -4.06. The van der Waals surface area contributed by atoms with Crippen LogP contribution in [-0.2, 0) is 14.8 Å². The maximum atomic E-state index is 13.3. The molecule has 118 valence electrons. The molecular weight excluding hydrogens is 301 g/mol. The molecule has 1 aromatic rings. The van der Waals surface area contributed by atoms with Gasteiger partial charge in [-0.1, -0.05) is 0 Å². The van der Waals surface area contributed by atoms with Gasteiger partial charge in [0.15, 0.2) is 0 Å². The van der Waals surface area contributed by atoms with E-state index in [0.717, 1.165) is 29.6 Å². The Balaban J connectivity index is 3.23. The van der Waals surface area contributed by atoms with Crippen molar-refractivity contribution in [3.8, 4) is 0 Å². The average molecular weight is 319 g/mol. The first kappa shape index (κ1) is 17.5. The Morgan fingerprint density at radius 3 is 2.62 bits per heavy atom. The number of rotatable bonds is 6. The Labute approximate surface area is 123 Å². The first-order valence-corrected chi connectivity index (χ1v) is 7.66. The molecule has 0 aliphatic heterocycles. The van der Waals surface area contributed by atoms with Crippen molar-refractivity contribution < 1.29 is 27.4 Å². The summed E-state index contributed by atoms with van der Waals surface area (Å²) < 4.78 is 43.6. The van der Waals surface area contributed by atoms with Crippen LogP contribution in [0, 0.1) is 5.82 Å². The Morgan fingerprint density at radius 1 is 1.48 bits per heavy atom. The summed E-state index contributed by atoms with van der Waals surface area (Å²) in [7, 11) is -1.66. The highest BCUT2D eigenvalue weighted by atomic mass is 32.2. The van der Waals surface area contributed by atoms with E-state index in [1.807, 2.05) is 0 Å². The molecule has 0 spiro atoms. The molecule has 0 amide bonds. The van der Waals surface area contributed by atoms with Gasteiger partial charge in [-0.3, -0.25) is 0 Å². The minimum Gasteiger partial charge on any atom is -0.465 e. The number of methoxy groups -OCH3 is 1. The van der Waals surface area contributed by atoms with Crippen molar-refractivity contribution in [2.45, 2.75) is 24.3 Å². The summed E-state index contributed by atoms with van der Waals surface area (Å²) in [5.41, 5.74) is -0.234. The third-order valence-electron chi connectivity index (χ3n) is 2.90. The van der Waals surface area contributed by atoms with Crippen molar-refractivity contribution in [1.29, 1.82) is 0 Å². The van der Waals surface area contributed by atoms with Crippen LogP contribution in [-0.4, -0.2) is 50.6 Å². The molecule has 0 heterocycles. The molecule has 0 saturated heterocycles. The van der Waals surface area contributed by atoms with E-state index < -0.39 is 32.8 Å². The van der Waals surface area contributed by atoms with E-state index in [1.54, 1.807) is 0 Å². The summed E-state index contributed by atoms with van der Waals surface area (Å²) in [6.07, 6.45) is -0.450.